The molecule has 0 spiro atoms. The first kappa shape index (κ1) is 20.3. The van der Waals surface area contributed by atoms with Crippen molar-refractivity contribution in [3.63, 3.8) is 0 Å². The van der Waals surface area contributed by atoms with Gasteiger partial charge in [0.2, 0.25) is 5.91 Å². The van der Waals surface area contributed by atoms with Crippen molar-refractivity contribution in [1.82, 2.24) is 5.32 Å². The first-order valence-corrected chi connectivity index (χ1v) is 7.95. The second kappa shape index (κ2) is 17.4. The summed E-state index contributed by atoms with van der Waals surface area (Å²) in [5.74, 6) is 0.0745. The van der Waals surface area contributed by atoms with E-state index in [0.717, 1.165) is 38.5 Å². The molecule has 6 heteroatoms. The molecule has 0 aromatic heterocycles. The van der Waals surface area contributed by atoms with Gasteiger partial charge in [-0.25, -0.2) is 0 Å². The standard InChI is InChI=1S/C15H31NO5/c17-9-6-4-2-1-3-5-7-15(19)16-8-11-20-13-14-21-12-10-18/h17-18H,1-14H2,(H,16,19). The third-order valence-corrected chi connectivity index (χ3v) is 2.99. The Morgan fingerprint density at radius 3 is 2.05 bits per heavy atom. The monoisotopic (exact) mass is 305 g/mol. The molecule has 0 saturated carbocycles. The third kappa shape index (κ3) is 17.3. The summed E-state index contributed by atoms with van der Waals surface area (Å²) < 4.78 is 10.3. The van der Waals surface area contributed by atoms with Crippen LogP contribution in [0, 0.1) is 0 Å². The van der Waals surface area contributed by atoms with E-state index < -0.39 is 0 Å². The summed E-state index contributed by atoms with van der Waals surface area (Å²) in [5, 5.41) is 19.9. The van der Waals surface area contributed by atoms with Crippen molar-refractivity contribution in [2.24, 2.45) is 0 Å². The summed E-state index contributed by atoms with van der Waals surface area (Å²) in [4.78, 5) is 11.5. The predicted octanol–water partition coefficient (Wildman–Crippen LogP) is 0.851. The molecule has 6 nitrogen and oxygen atoms in total. The maximum Gasteiger partial charge on any atom is 0.220 e. The van der Waals surface area contributed by atoms with Crippen LogP contribution in [0.2, 0.25) is 0 Å². The molecule has 0 aromatic carbocycles. The van der Waals surface area contributed by atoms with Crippen LogP contribution in [-0.2, 0) is 14.3 Å². The number of unbranched alkanes of at least 4 members (excludes halogenated alkanes) is 5. The molecule has 3 N–H and O–H groups in total. The Kier molecular flexibility index (Phi) is 16.8. The fourth-order valence-electron chi connectivity index (χ4n) is 1.84. The second-order valence-corrected chi connectivity index (χ2v) is 4.89. The summed E-state index contributed by atoms with van der Waals surface area (Å²) in [5.41, 5.74) is 0. The summed E-state index contributed by atoms with van der Waals surface area (Å²) >= 11 is 0. The van der Waals surface area contributed by atoms with Gasteiger partial charge < -0.3 is 25.0 Å². The molecule has 21 heavy (non-hydrogen) atoms. The van der Waals surface area contributed by atoms with Crippen molar-refractivity contribution in [3.05, 3.63) is 0 Å². The molecule has 0 unspecified atom stereocenters. The molecule has 126 valence electrons. The molecule has 0 atom stereocenters. The van der Waals surface area contributed by atoms with Gasteiger partial charge in [-0.3, -0.25) is 4.79 Å². The van der Waals surface area contributed by atoms with Crippen LogP contribution >= 0.6 is 0 Å². The zero-order valence-electron chi connectivity index (χ0n) is 13.0. The van der Waals surface area contributed by atoms with Crippen molar-refractivity contribution >= 4 is 5.91 Å². The Morgan fingerprint density at radius 1 is 0.762 bits per heavy atom. The van der Waals surface area contributed by atoms with Gasteiger partial charge in [-0.1, -0.05) is 25.7 Å². The predicted molar refractivity (Wildman–Crippen MR) is 81.1 cm³/mol. The number of rotatable bonds is 16. The Labute approximate surface area is 127 Å². The SMILES string of the molecule is O=C(CCCCCCCCO)NCCOCCOCCO. The first-order chi connectivity index (χ1) is 10.3. The smallest absolute Gasteiger partial charge is 0.220 e. The summed E-state index contributed by atoms with van der Waals surface area (Å²) in [6.07, 6.45) is 6.77. The molecule has 0 aromatic rings. The quantitative estimate of drug-likeness (QED) is 0.368. The van der Waals surface area contributed by atoms with Gasteiger partial charge in [0, 0.05) is 19.6 Å². The molecule has 0 aliphatic heterocycles. The van der Waals surface area contributed by atoms with E-state index in [2.05, 4.69) is 5.32 Å². The van der Waals surface area contributed by atoms with Gasteiger partial charge in [-0.2, -0.15) is 0 Å². The van der Waals surface area contributed by atoms with Gasteiger partial charge in [0.05, 0.1) is 33.0 Å². The van der Waals surface area contributed by atoms with E-state index in [4.69, 9.17) is 19.7 Å². The van der Waals surface area contributed by atoms with Crippen LogP contribution < -0.4 is 5.32 Å². The number of ether oxygens (including phenoxy) is 2. The van der Waals surface area contributed by atoms with Gasteiger partial charge in [0.25, 0.3) is 0 Å². The fraction of sp³-hybridized carbons (Fsp3) is 0.933. The van der Waals surface area contributed by atoms with Crippen molar-refractivity contribution < 1.29 is 24.5 Å². The number of aliphatic hydroxyl groups excluding tert-OH is 2. The molecule has 0 rings (SSSR count). The lowest BCUT2D eigenvalue weighted by molar-refractivity contribution is -0.121. The minimum absolute atomic E-state index is 0.0253. The van der Waals surface area contributed by atoms with Gasteiger partial charge in [0.15, 0.2) is 0 Å². The summed E-state index contributed by atoms with van der Waals surface area (Å²) in [7, 11) is 0. The van der Waals surface area contributed by atoms with Crippen molar-refractivity contribution in [3.8, 4) is 0 Å². The Morgan fingerprint density at radius 2 is 1.38 bits per heavy atom. The van der Waals surface area contributed by atoms with Crippen LogP contribution in [0.25, 0.3) is 0 Å². The largest absolute Gasteiger partial charge is 0.396 e. The highest BCUT2D eigenvalue weighted by molar-refractivity contribution is 5.75. The fourth-order valence-corrected chi connectivity index (χ4v) is 1.84. The lowest BCUT2D eigenvalue weighted by atomic mass is 10.1. The molecule has 1 amide bonds. The van der Waals surface area contributed by atoms with E-state index >= 15 is 0 Å². The van der Waals surface area contributed by atoms with Crippen LogP contribution in [0.15, 0.2) is 0 Å². The minimum atomic E-state index is 0.0253. The number of carbonyl (C=O) groups excluding carboxylic acids is 1. The zero-order chi connectivity index (χ0) is 15.6. The summed E-state index contributed by atoms with van der Waals surface area (Å²) in [6.45, 7) is 2.58. The lowest BCUT2D eigenvalue weighted by Crippen LogP contribution is -2.27. The highest BCUT2D eigenvalue weighted by Gasteiger charge is 2.00. The zero-order valence-corrected chi connectivity index (χ0v) is 13.0. The first-order valence-electron chi connectivity index (χ1n) is 7.95. The number of carbonyl (C=O) groups is 1. The highest BCUT2D eigenvalue weighted by atomic mass is 16.5. The molecule has 0 bridgehead atoms. The van der Waals surface area contributed by atoms with Crippen LogP contribution in [0.3, 0.4) is 0 Å². The molecular weight excluding hydrogens is 274 g/mol. The minimum Gasteiger partial charge on any atom is -0.396 e. The van der Waals surface area contributed by atoms with Crippen LogP contribution in [0.1, 0.15) is 44.9 Å². The van der Waals surface area contributed by atoms with Crippen LogP contribution in [-0.4, -0.2) is 62.3 Å². The molecule has 0 radical (unpaired) electrons. The van der Waals surface area contributed by atoms with Crippen molar-refractivity contribution in [1.29, 1.82) is 0 Å². The number of hydrogen-bond acceptors (Lipinski definition) is 5. The Hall–Kier alpha value is -0.690. The molecule has 0 aliphatic rings. The maximum absolute atomic E-state index is 11.5. The van der Waals surface area contributed by atoms with E-state index in [1.54, 1.807) is 0 Å². The van der Waals surface area contributed by atoms with Crippen LogP contribution in [0.5, 0.6) is 0 Å². The molecule has 0 fully saturated rings. The average Bonchev–Trinajstić information content (AvgIpc) is 2.49. The molecule has 0 saturated heterocycles. The van der Waals surface area contributed by atoms with Gasteiger partial charge in [0.1, 0.15) is 0 Å². The Bertz CT molecular complexity index is 226. The van der Waals surface area contributed by atoms with Gasteiger partial charge in [-0.15, -0.1) is 0 Å². The van der Waals surface area contributed by atoms with Gasteiger partial charge in [-0.05, 0) is 12.8 Å². The second-order valence-electron chi connectivity index (χ2n) is 4.89. The average molecular weight is 305 g/mol. The Balaban J connectivity index is 3.13. The van der Waals surface area contributed by atoms with Crippen molar-refractivity contribution in [2.45, 2.75) is 44.9 Å². The van der Waals surface area contributed by atoms with E-state index in [1.165, 1.54) is 0 Å². The number of nitrogens with one attached hydrogen (secondary N) is 1. The van der Waals surface area contributed by atoms with Gasteiger partial charge >= 0.3 is 0 Å². The molecular formula is C15H31NO5. The highest BCUT2D eigenvalue weighted by Crippen LogP contribution is 2.06. The van der Waals surface area contributed by atoms with Crippen molar-refractivity contribution in [2.75, 3.05) is 46.2 Å². The number of amides is 1. The number of aliphatic hydroxyl groups is 2. The van der Waals surface area contributed by atoms with E-state index in [9.17, 15) is 4.79 Å². The van der Waals surface area contributed by atoms with E-state index in [1.807, 2.05) is 0 Å². The number of hydrogen-bond donors (Lipinski definition) is 3. The summed E-state index contributed by atoms with van der Waals surface area (Å²) in [6, 6.07) is 0. The lowest BCUT2D eigenvalue weighted by Gasteiger charge is -2.07. The normalized spacial score (nSPS) is 10.8. The van der Waals surface area contributed by atoms with E-state index in [0.29, 0.717) is 39.4 Å². The topological polar surface area (TPSA) is 88.0 Å². The molecule has 0 heterocycles. The third-order valence-electron chi connectivity index (χ3n) is 2.99. The van der Waals surface area contributed by atoms with E-state index in [-0.39, 0.29) is 19.1 Å². The maximum atomic E-state index is 11.5. The molecule has 0 aliphatic carbocycles. The van der Waals surface area contributed by atoms with Crippen LogP contribution in [0.4, 0.5) is 0 Å².